The molecule has 3 nitrogen and oxygen atoms in total. The zero-order valence-corrected chi connectivity index (χ0v) is 6.50. The van der Waals surface area contributed by atoms with E-state index in [0.29, 0.717) is 0 Å². The third-order valence-corrected chi connectivity index (χ3v) is 2.26. The highest BCUT2D eigenvalue weighted by Crippen LogP contribution is 2.26. The van der Waals surface area contributed by atoms with Crippen LogP contribution in [0.15, 0.2) is 23.1 Å². The molecule has 1 aliphatic rings. The summed E-state index contributed by atoms with van der Waals surface area (Å²) in [6.07, 6.45) is 5.51. The summed E-state index contributed by atoms with van der Waals surface area (Å²) in [6, 6.07) is 0. The zero-order chi connectivity index (χ0) is 7.97. The van der Waals surface area contributed by atoms with Crippen molar-refractivity contribution in [2.45, 2.75) is 13.1 Å². The minimum atomic E-state index is 0.834. The number of rotatable bonds is 0. The summed E-state index contributed by atoms with van der Waals surface area (Å²) in [5.74, 6) is 1.04. The molecule has 0 amide bonds. The highest BCUT2D eigenvalue weighted by atomic mass is 16.3. The predicted octanol–water partition coefficient (Wildman–Crippen LogP) is 1.43. The molecule has 2 aromatic heterocycles. The molecule has 1 N–H and O–H groups in total. The summed E-state index contributed by atoms with van der Waals surface area (Å²) in [5, 5.41) is 5.62. The molecule has 0 bridgehead atoms. The molecule has 12 heavy (non-hydrogen) atoms. The van der Waals surface area contributed by atoms with Gasteiger partial charge in [-0.3, -0.25) is 4.98 Å². The third kappa shape index (κ3) is 0.662. The van der Waals surface area contributed by atoms with Crippen LogP contribution in [0.4, 0.5) is 0 Å². The summed E-state index contributed by atoms with van der Waals surface area (Å²) in [5.41, 5.74) is 1.24. The first-order valence-electron chi connectivity index (χ1n) is 3.99. The minimum absolute atomic E-state index is 0.834. The first kappa shape index (κ1) is 6.20. The Bertz CT molecular complexity index is 433. The van der Waals surface area contributed by atoms with Gasteiger partial charge in [0.15, 0.2) is 0 Å². The molecule has 3 heteroatoms. The van der Waals surface area contributed by atoms with E-state index in [-0.39, 0.29) is 0 Å². The van der Waals surface area contributed by atoms with Crippen LogP contribution in [0.5, 0.6) is 0 Å². The minimum Gasteiger partial charge on any atom is -0.467 e. The fourth-order valence-electron chi connectivity index (χ4n) is 1.72. The fourth-order valence-corrected chi connectivity index (χ4v) is 1.72. The van der Waals surface area contributed by atoms with Crippen LogP contribution in [0.3, 0.4) is 0 Å². The Morgan fingerprint density at radius 3 is 3.33 bits per heavy atom. The van der Waals surface area contributed by atoms with Crippen LogP contribution in [0.25, 0.3) is 10.8 Å². The number of aromatic nitrogens is 1. The van der Waals surface area contributed by atoms with E-state index >= 15 is 0 Å². The Morgan fingerprint density at radius 1 is 1.33 bits per heavy atom. The van der Waals surface area contributed by atoms with Crippen LogP contribution >= 0.6 is 0 Å². The van der Waals surface area contributed by atoms with Crippen LogP contribution in [0.2, 0.25) is 0 Å². The van der Waals surface area contributed by atoms with Crippen LogP contribution in [-0.2, 0) is 13.1 Å². The molecule has 3 heterocycles. The molecule has 0 aliphatic carbocycles. The number of nitrogens with one attached hydrogen (secondary N) is 1. The van der Waals surface area contributed by atoms with Gasteiger partial charge in [-0.2, -0.15) is 0 Å². The second-order valence-electron chi connectivity index (χ2n) is 3.03. The van der Waals surface area contributed by atoms with Gasteiger partial charge in [0, 0.05) is 29.7 Å². The van der Waals surface area contributed by atoms with Gasteiger partial charge in [0.25, 0.3) is 0 Å². The van der Waals surface area contributed by atoms with Crippen LogP contribution in [-0.4, -0.2) is 4.98 Å². The Labute approximate surface area is 69.4 Å². The lowest BCUT2D eigenvalue weighted by Gasteiger charge is -2.10. The van der Waals surface area contributed by atoms with Crippen molar-refractivity contribution < 1.29 is 4.42 Å². The molecule has 0 unspecified atom stereocenters. The van der Waals surface area contributed by atoms with E-state index in [2.05, 4.69) is 10.3 Å². The van der Waals surface area contributed by atoms with Crippen LogP contribution < -0.4 is 5.32 Å². The molecule has 1 aliphatic heterocycles. The normalized spacial score (nSPS) is 15.3. The largest absolute Gasteiger partial charge is 0.467 e. The highest BCUT2D eigenvalue weighted by Gasteiger charge is 2.14. The summed E-state index contributed by atoms with van der Waals surface area (Å²) in [7, 11) is 0. The number of pyridine rings is 1. The molecule has 0 atom stereocenters. The van der Waals surface area contributed by atoms with Gasteiger partial charge in [0.2, 0.25) is 0 Å². The maximum absolute atomic E-state index is 5.39. The summed E-state index contributed by atoms with van der Waals surface area (Å²) >= 11 is 0. The number of nitrogens with zero attached hydrogens (tertiary/aromatic N) is 1. The smallest absolute Gasteiger partial charge is 0.125 e. The first-order valence-corrected chi connectivity index (χ1v) is 3.99. The van der Waals surface area contributed by atoms with Gasteiger partial charge >= 0.3 is 0 Å². The lowest BCUT2D eigenvalue weighted by Crippen LogP contribution is -2.17. The SMILES string of the molecule is c1ncc2coc3c2c1CNC3. The first-order chi connectivity index (χ1) is 5.95. The molecule has 2 aromatic rings. The van der Waals surface area contributed by atoms with Gasteiger partial charge in [-0.15, -0.1) is 0 Å². The third-order valence-electron chi connectivity index (χ3n) is 2.26. The number of furan rings is 1. The van der Waals surface area contributed by atoms with Crippen molar-refractivity contribution in [1.82, 2.24) is 10.3 Å². The second kappa shape index (κ2) is 2.08. The average Bonchev–Trinajstić information content (AvgIpc) is 2.52. The Hall–Kier alpha value is -1.35. The monoisotopic (exact) mass is 160 g/mol. The second-order valence-corrected chi connectivity index (χ2v) is 3.03. The number of hydrogen-bond acceptors (Lipinski definition) is 3. The Balaban J connectivity index is 2.50. The van der Waals surface area contributed by atoms with Crippen molar-refractivity contribution >= 4 is 10.8 Å². The van der Waals surface area contributed by atoms with Crippen molar-refractivity contribution in [1.29, 1.82) is 0 Å². The zero-order valence-electron chi connectivity index (χ0n) is 6.50. The molecule has 0 saturated heterocycles. The molecule has 3 rings (SSSR count). The van der Waals surface area contributed by atoms with E-state index in [1.54, 1.807) is 6.26 Å². The molecular formula is C9H8N2O. The van der Waals surface area contributed by atoms with Gasteiger partial charge < -0.3 is 9.73 Å². The predicted molar refractivity (Wildman–Crippen MR) is 44.6 cm³/mol. The topological polar surface area (TPSA) is 38.1 Å². The van der Waals surface area contributed by atoms with Gasteiger partial charge in [0.05, 0.1) is 6.54 Å². The van der Waals surface area contributed by atoms with E-state index in [9.17, 15) is 0 Å². The van der Waals surface area contributed by atoms with Crippen molar-refractivity contribution in [3.63, 3.8) is 0 Å². The quantitative estimate of drug-likeness (QED) is 0.633. The summed E-state index contributed by atoms with van der Waals surface area (Å²) < 4.78 is 5.39. The van der Waals surface area contributed by atoms with Crippen LogP contribution in [0.1, 0.15) is 11.3 Å². The average molecular weight is 160 g/mol. The number of hydrogen-bond donors (Lipinski definition) is 1. The Kier molecular flexibility index (Phi) is 1.07. The summed E-state index contributed by atoms with van der Waals surface area (Å²) in [6.45, 7) is 1.73. The molecule has 0 aromatic carbocycles. The lowest BCUT2D eigenvalue weighted by atomic mass is 10.1. The molecular weight excluding hydrogens is 152 g/mol. The molecule has 0 radical (unpaired) electrons. The van der Waals surface area contributed by atoms with Gasteiger partial charge in [-0.05, 0) is 5.56 Å². The van der Waals surface area contributed by atoms with Crippen LogP contribution in [0, 0.1) is 0 Å². The fraction of sp³-hybridized carbons (Fsp3) is 0.222. The standard InChI is InChI=1S/C9H8N2O/c1-6-2-11-4-8-9(6)7(3-10-1)5-12-8/h1,3,5,11H,2,4H2. The highest BCUT2D eigenvalue weighted by molar-refractivity contribution is 5.86. The lowest BCUT2D eigenvalue weighted by molar-refractivity contribution is 0.481. The molecule has 0 saturated carbocycles. The summed E-state index contributed by atoms with van der Waals surface area (Å²) in [4.78, 5) is 4.13. The van der Waals surface area contributed by atoms with Gasteiger partial charge in [-0.25, -0.2) is 0 Å². The maximum Gasteiger partial charge on any atom is 0.125 e. The van der Waals surface area contributed by atoms with E-state index in [1.165, 1.54) is 10.9 Å². The van der Waals surface area contributed by atoms with E-state index < -0.39 is 0 Å². The molecule has 0 fully saturated rings. The van der Waals surface area contributed by atoms with E-state index in [0.717, 1.165) is 24.2 Å². The van der Waals surface area contributed by atoms with Gasteiger partial charge in [0.1, 0.15) is 12.0 Å². The van der Waals surface area contributed by atoms with Crippen molar-refractivity contribution in [3.05, 3.63) is 30.0 Å². The van der Waals surface area contributed by atoms with E-state index in [4.69, 9.17) is 4.42 Å². The van der Waals surface area contributed by atoms with Crippen molar-refractivity contribution in [2.75, 3.05) is 0 Å². The molecule has 0 spiro atoms. The Morgan fingerprint density at radius 2 is 2.33 bits per heavy atom. The van der Waals surface area contributed by atoms with Crippen molar-refractivity contribution in [2.24, 2.45) is 0 Å². The van der Waals surface area contributed by atoms with E-state index in [1.807, 2.05) is 12.4 Å². The van der Waals surface area contributed by atoms with Crippen molar-refractivity contribution in [3.8, 4) is 0 Å². The maximum atomic E-state index is 5.39. The molecule has 60 valence electrons. The van der Waals surface area contributed by atoms with Gasteiger partial charge in [-0.1, -0.05) is 0 Å².